The number of aliphatic hydroxyl groups is 1. The van der Waals surface area contributed by atoms with E-state index < -0.39 is 0 Å². The summed E-state index contributed by atoms with van der Waals surface area (Å²) in [5, 5.41) is 12.6. The third-order valence-corrected chi connectivity index (χ3v) is 3.51. The zero-order valence-corrected chi connectivity index (χ0v) is 11.9. The molecule has 2 N–H and O–H groups in total. The normalized spacial score (nSPS) is 17.8. The summed E-state index contributed by atoms with van der Waals surface area (Å²) in [5.74, 6) is 0.753. The van der Waals surface area contributed by atoms with Gasteiger partial charge in [-0.05, 0) is 53.2 Å². The molecule has 0 radical (unpaired) electrons. The van der Waals surface area contributed by atoms with Crippen LogP contribution in [0.15, 0.2) is 0 Å². The molecular weight excluding hydrogens is 200 g/mol. The van der Waals surface area contributed by atoms with Crippen LogP contribution in [0.5, 0.6) is 0 Å². The Labute approximate surface area is 101 Å². The number of nitrogens with one attached hydrogen (secondary N) is 1. The van der Waals surface area contributed by atoms with Crippen molar-refractivity contribution in [2.45, 2.75) is 52.1 Å². The Morgan fingerprint density at radius 2 is 1.88 bits per heavy atom. The van der Waals surface area contributed by atoms with Gasteiger partial charge < -0.3 is 15.3 Å². The van der Waals surface area contributed by atoms with Gasteiger partial charge in [-0.1, -0.05) is 13.8 Å². The minimum absolute atomic E-state index is 0.161. The molecule has 0 amide bonds. The minimum atomic E-state index is -0.161. The van der Waals surface area contributed by atoms with Gasteiger partial charge in [-0.3, -0.25) is 0 Å². The fourth-order valence-corrected chi connectivity index (χ4v) is 1.74. The number of rotatable bonds is 8. The standard InChI is InChI=1S/C13H30N2O/c1-11(2)7-8-15(6)12(3)9-13(4,10-16)14-5/h11-12,14,16H,7-10H2,1-6H3. The van der Waals surface area contributed by atoms with Gasteiger partial charge in [0.25, 0.3) is 0 Å². The smallest absolute Gasteiger partial charge is 0.0611 e. The molecule has 0 aromatic rings. The van der Waals surface area contributed by atoms with Crippen molar-refractivity contribution in [3.05, 3.63) is 0 Å². The highest BCUT2D eigenvalue weighted by molar-refractivity contribution is 4.85. The van der Waals surface area contributed by atoms with E-state index in [2.05, 4.69) is 45.0 Å². The van der Waals surface area contributed by atoms with Gasteiger partial charge in [0.2, 0.25) is 0 Å². The zero-order chi connectivity index (χ0) is 12.8. The molecule has 0 saturated carbocycles. The van der Waals surface area contributed by atoms with Gasteiger partial charge in [-0.25, -0.2) is 0 Å². The Kier molecular flexibility index (Phi) is 7.20. The first kappa shape index (κ1) is 15.9. The van der Waals surface area contributed by atoms with Crippen LogP contribution in [-0.2, 0) is 0 Å². The van der Waals surface area contributed by atoms with Crippen LogP contribution in [0.2, 0.25) is 0 Å². The van der Waals surface area contributed by atoms with Crippen molar-refractivity contribution in [1.29, 1.82) is 0 Å². The van der Waals surface area contributed by atoms with Crippen molar-refractivity contribution in [2.75, 3.05) is 27.2 Å². The van der Waals surface area contributed by atoms with Gasteiger partial charge in [0.1, 0.15) is 0 Å². The van der Waals surface area contributed by atoms with Crippen LogP contribution in [0.4, 0.5) is 0 Å². The molecule has 0 rings (SSSR count). The van der Waals surface area contributed by atoms with Gasteiger partial charge >= 0.3 is 0 Å². The monoisotopic (exact) mass is 230 g/mol. The summed E-state index contributed by atoms with van der Waals surface area (Å²) >= 11 is 0. The molecule has 0 fully saturated rings. The maximum absolute atomic E-state index is 9.35. The highest BCUT2D eigenvalue weighted by atomic mass is 16.3. The average Bonchev–Trinajstić information content (AvgIpc) is 2.25. The number of nitrogens with zero attached hydrogens (tertiary/aromatic N) is 1. The molecule has 3 nitrogen and oxygen atoms in total. The molecule has 16 heavy (non-hydrogen) atoms. The van der Waals surface area contributed by atoms with E-state index >= 15 is 0 Å². The largest absolute Gasteiger partial charge is 0.394 e. The third kappa shape index (κ3) is 5.83. The Bertz CT molecular complexity index is 179. The van der Waals surface area contributed by atoms with Crippen LogP contribution >= 0.6 is 0 Å². The van der Waals surface area contributed by atoms with Gasteiger partial charge in [0.05, 0.1) is 6.61 Å². The molecule has 98 valence electrons. The molecule has 0 aliphatic heterocycles. The van der Waals surface area contributed by atoms with Crippen LogP contribution in [0, 0.1) is 5.92 Å². The summed E-state index contributed by atoms with van der Waals surface area (Å²) < 4.78 is 0. The molecule has 0 aromatic carbocycles. The molecule has 0 aliphatic rings. The summed E-state index contributed by atoms with van der Waals surface area (Å²) in [5.41, 5.74) is -0.161. The summed E-state index contributed by atoms with van der Waals surface area (Å²) in [4.78, 5) is 2.38. The summed E-state index contributed by atoms with van der Waals surface area (Å²) in [7, 11) is 4.08. The first-order valence-corrected chi connectivity index (χ1v) is 6.34. The lowest BCUT2D eigenvalue weighted by Gasteiger charge is -2.34. The fraction of sp³-hybridized carbons (Fsp3) is 1.00. The Balaban J connectivity index is 4.08. The van der Waals surface area contributed by atoms with Crippen molar-refractivity contribution in [2.24, 2.45) is 5.92 Å². The van der Waals surface area contributed by atoms with Gasteiger partial charge in [-0.2, -0.15) is 0 Å². The van der Waals surface area contributed by atoms with E-state index in [4.69, 9.17) is 0 Å². The van der Waals surface area contributed by atoms with Gasteiger partial charge in [0.15, 0.2) is 0 Å². The van der Waals surface area contributed by atoms with Crippen LogP contribution < -0.4 is 5.32 Å². The molecule has 2 unspecified atom stereocenters. The number of likely N-dealkylation sites (N-methyl/N-ethyl adjacent to an activating group) is 1. The van der Waals surface area contributed by atoms with E-state index in [1.165, 1.54) is 6.42 Å². The second-order valence-electron chi connectivity index (χ2n) is 5.69. The van der Waals surface area contributed by atoms with Crippen molar-refractivity contribution in [3.63, 3.8) is 0 Å². The lowest BCUT2D eigenvalue weighted by molar-refractivity contribution is 0.130. The van der Waals surface area contributed by atoms with Crippen LogP contribution in [-0.4, -0.2) is 48.8 Å². The summed E-state index contributed by atoms with van der Waals surface area (Å²) in [6.07, 6.45) is 2.20. The highest BCUT2D eigenvalue weighted by Crippen LogP contribution is 2.15. The maximum Gasteiger partial charge on any atom is 0.0611 e. The summed E-state index contributed by atoms with van der Waals surface area (Å²) in [6.45, 7) is 10.1. The first-order chi connectivity index (χ1) is 7.34. The second-order valence-corrected chi connectivity index (χ2v) is 5.69. The van der Waals surface area contributed by atoms with E-state index in [0.717, 1.165) is 18.9 Å². The maximum atomic E-state index is 9.35. The molecule has 2 atom stereocenters. The average molecular weight is 230 g/mol. The Hall–Kier alpha value is -0.120. The van der Waals surface area contributed by atoms with Crippen molar-refractivity contribution in [3.8, 4) is 0 Å². The zero-order valence-electron chi connectivity index (χ0n) is 11.9. The minimum Gasteiger partial charge on any atom is -0.394 e. The predicted molar refractivity (Wildman–Crippen MR) is 70.7 cm³/mol. The van der Waals surface area contributed by atoms with E-state index in [9.17, 15) is 5.11 Å². The second kappa shape index (κ2) is 7.25. The molecule has 0 heterocycles. The quantitative estimate of drug-likeness (QED) is 0.666. The lowest BCUT2D eigenvalue weighted by Crippen LogP contribution is -2.48. The molecule has 0 saturated heterocycles. The van der Waals surface area contributed by atoms with Crippen molar-refractivity contribution in [1.82, 2.24) is 10.2 Å². The first-order valence-electron chi connectivity index (χ1n) is 6.34. The molecule has 3 heteroatoms. The van der Waals surface area contributed by atoms with Crippen molar-refractivity contribution >= 4 is 0 Å². The Morgan fingerprint density at radius 1 is 1.31 bits per heavy atom. The molecule has 0 bridgehead atoms. The third-order valence-electron chi connectivity index (χ3n) is 3.51. The van der Waals surface area contributed by atoms with Crippen LogP contribution in [0.25, 0.3) is 0 Å². The SMILES string of the molecule is CNC(C)(CO)CC(C)N(C)CCC(C)C. The van der Waals surface area contributed by atoms with Gasteiger partial charge in [0, 0.05) is 11.6 Å². The van der Waals surface area contributed by atoms with Crippen molar-refractivity contribution < 1.29 is 5.11 Å². The molecule has 0 aromatic heterocycles. The van der Waals surface area contributed by atoms with Gasteiger partial charge in [-0.15, -0.1) is 0 Å². The predicted octanol–water partition coefficient (Wildman–Crippen LogP) is 1.71. The van der Waals surface area contributed by atoms with E-state index in [0.29, 0.717) is 6.04 Å². The number of aliphatic hydroxyl groups excluding tert-OH is 1. The topological polar surface area (TPSA) is 35.5 Å². The van der Waals surface area contributed by atoms with E-state index in [-0.39, 0.29) is 12.1 Å². The molecular formula is C13H30N2O. The van der Waals surface area contributed by atoms with Crippen LogP contribution in [0.1, 0.15) is 40.5 Å². The van der Waals surface area contributed by atoms with E-state index in [1.807, 2.05) is 7.05 Å². The number of hydrogen-bond acceptors (Lipinski definition) is 3. The van der Waals surface area contributed by atoms with Crippen LogP contribution in [0.3, 0.4) is 0 Å². The fourth-order valence-electron chi connectivity index (χ4n) is 1.74. The Morgan fingerprint density at radius 3 is 2.25 bits per heavy atom. The highest BCUT2D eigenvalue weighted by Gasteiger charge is 2.25. The number of hydrogen-bond donors (Lipinski definition) is 2. The lowest BCUT2D eigenvalue weighted by atomic mass is 9.94. The molecule has 0 spiro atoms. The summed E-state index contributed by atoms with van der Waals surface area (Å²) in [6, 6.07) is 0.489. The molecule has 0 aliphatic carbocycles. The van der Waals surface area contributed by atoms with E-state index in [1.54, 1.807) is 0 Å².